The summed E-state index contributed by atoms with van der Waals surface area (Å²) in [6, 6.07) is 10.2. The Morgan fingerprint density at radius 2 is 2.18 bits per heavy atom. The first-order valence-corrected chi connectivity index (χ1v) is 7.20. The topological polar surface area (TPSA) is 74.7 Å². The number of aryl methyl sites for hydroxylation is 1. The molecule has 0 saturated carbocycles. The molecule has 5 nitrogen and oxygen atoms in total. The number of benzene rings is 1. The standard InChI is InChI=1S/C17H16N4O/c18-6-1-9-21-16-4-3-13(22-10-2-7-19)11-15(16)14-5-8-20-12-17(14)21/h3-5,7-8,11-12,19H,1-2,9-10H2. The number of nitriles is 1. The van der Waals surface area contributed by atoms with Crippen LogP contribution in [0.25, 0.3) is 21.8 Å². The van der Waals surface area contributed by atoms with Crippen molar-refractivity contribution in [3.8, 4) is 11.8 Å². The monoisotopic (exact) mass is 292 g/mol. The summed E-state index contributed by atoms with van der Waals surface area (Å²) in [5.74, 6) is 0.797. The van der Waals surface area contributed by atoms with Crippen LogP contribution in [0.5, 0.6) is 5.75 Å². The second-order valence-electron chi connectivity index (χ2n) is 4.97. The van der Waals surface area contributed by atoms with Gasteiger partial charge in [-0.05, 0) is 30.5 Å². The Morgan fingerprint density at radius 1 is 1.27 bits per heavy atom. The molecule has 0 bridgehead atoms. The summed E-state index contributed by atoms with van der Waals surface area (Å²) >= 11 is 0. The predicted molar refractivity (Wildman–Crippen MR) is 86.4 cm³/mol. The Balaban J connectivity index is 2.09. The van der Waals surface area contributed by atoms with Gasteiger partial charge in [-0.1, -0.05) is 0 Å². The maximum atomic E-state index is 8.86. The fraction of sp³-hybridized carbons (Fsp3) is 0.235. The molecule has 0 aliphatic rings. The maximum Gasteiger partial charge on any atom is 0.120 e. The van der Waals surface area contributed by atoms with Crippen molar-refractivity contribution in [1.82, 2.24) is 9.55 Å². The summed E-state index contributed by atoms with van der Waals surface area (Å²) in [6.07, 6.45) is 6.02. The molecule has 0 fully saturated rings. The third-order valence-corrected chi connectivity index (χ3v) is 3.62. The van der Waals surface area contributed by atoms with Gasteiger partial charge >= 0.3 is 0 Å². The molecule has 0 aliphatic carbocycles. The molecule has 0 amide bonds. The van der Waals surface area contributed by atoms with Crippen molar-refractivity contribution >= 4 is 28.0 Å². The molecule has 2 aromatic heterocycles. The third kappa shape index (κ3) is 2.51. The van der Waals surface area contributed by atoms with Gasteiger partial charge in [0, 0.05) is 35.5 Å². The molecule has 2 heterocycles. The number of fused-ring (bicyclic) bond motifs is 3. The van der Waals surface area contributed by atoms with E-state index in [0.29, 0.717) is 26.0 Å². The van der Waals surface area contributed by atoms with Gasteiger partial charge in [0.1, 0.15) is 5.75 Å². The Hall–Kier alpha value is -2.87. The summed E-state index contributed by atoms with van der Waals surface area (Å²) in [7, 11) is 0. The van der Waals surface area contributed by atoms with Gasteiger partial charge in [-0.15, -0.1) is 0 Å². The lowest BCUT2D eigenvalue weighted by Gasteiger charge is -2.06. The van der Waals surface area contributed by atoms with Crippen LogP contribution < -0.4 is 4.74 Å². The van der Waals surface area contributed by atoms with Crippen LogP contribution in [-0.2, 0) is 6.54 Å². The van der Waals surface area contributed by atoms with Crippen LogP contribution in [0.3, 0.4) is 0 Å². The highest BCUT2D eigenvalue weighted by atomic mass is 16.5. The third-order valence-electron chi connectivity index (χ3n) is 3.62. The Morgan fingerprint density at radius 3 is 3.00 bits per heavy atom. The van der Waals surface area contributed by atoms with Gasteiger partial charge < -0.3 is 14.7 Å². The van der Waals surface area contributed by atoms with Crippen molar-refractivity contribution in [3.05, 3.63) is 36.7 Å². The molecule has 1 aromatic carbocycles. The van der Waals surface area contributed by atoms with E-state index in [1.807, 2.05) is 30.5 Å². The molecule has 0 saturated heterocycles. The minimum Gasteiger partial charge on any atom is -0.493 e. The normalized spacial score (nSPS) is 10.7. The number of pyridine rings is 1. The number of nitrogens with one attached hydrogen (secondary N) is 1. The number of aromatic nitrogens is 2. The van der Waals surface area contributed by atoms with E-state index in [2.05, 4.69) is 15.6 Å². The van der Waals surface area contributed by atoms with Crippen LogP contribution >= 0.6 is 0 Å². The average molecular weight is 292 g/mol. The van der Waals surface area contributed by atoms with Gasteiger partial charge in [-0.2, -0.15) is 5.26 Å². The minimum absolute atomic E-state index is 0.464. The van der Waals surface area contributed by atoms with Crippen molar-refractivity contribution in [2.24, 2.45) is 0 Å². The molecule has 5 heteroatoms. The van der Waals surface area contributed by atoms with Crippen LogP contribution in [0.1, 0.15) is 12.8 Å². The fourth-order valence-electron chi connectivity index (χ4n) is 2.65. The molecule has 0 unspecified atom stereocenters. The van der Waals surface area contributed by atoms with Crippen LogP contribution in [0.15, 0.2) is 36.7 Å². The maximum absolute atomic E-state index is 8.86. The van der Waals surface area contributed by atoms with Crippen molar-refractivity contribution in [2.45, 2.75) is 19.4 Å². The van der Waals surface area contributed by atoms with E-state index >= 15 is 0 Å². The molecular formula is C17H16N4O. The molecule has 0 aliphatic heterocycles. The van der Waals surface area contributed by atoms with Gasteiger partial charge in [-0.3, -0.25) is 4.98 Å². The van der Waals surface area contributed by atoms with E-state index in [1.54, 1.807) is 6.20 Å². The van der Waals surface area contributed by atoms with Gasteiger partial charge in [0.25, 0.3) is 0 Å². The lowest BCUT2D eigenvalue weighted by Crippen LogP contribution is -1.98. The molecule has 3 rings (SSSR count). The second-order valence-corrected chi connectivity index (χ2v) is 4.97. The van der Waals surface area contributed by atoms with Gasteiger partial charge in [-0.25, -0.2) is 0 Å². The first-order chi connectivity index (χ1) is 10.8. The zero-order chi connectivity index (χ0) is 15.4. The zero-order valence-corrected chi connectivity index (χ0v) is 12.1. The van der Waals surface area contributed by atoms with Crippen molar-refractivity contribution < 1.29 is 4.74 Å². The molecule has 0 radical (unpaired) electrons. The smallest absolute Gasteiger partial charge is 0.120 e. The minimum atomic E-state index is 0.464. The van der Waals surface area contributed by atoms with E-state index in [0.717, 1.165) is 27.6 Å². The van der Waals surface area contributed by atoms with Crippen LogP contribution in [0, 0.1) is 16.7 Å². The van der Waals surface area contributed by atoms with Crippen LogP contribution in [0.4, 0.5) is 0 Å². The number of hydrogen-bond donors (Lipinski definition) is 1. The van der Waals surface area contributed by atoms with E-state index < -0.39 is 0 Å². The second kappa shape index (κ2) is 6.27. The lowest BCUT2D eigenvalue weighted by molar-refractivity contribution is 0.330. The van der Waals surface area contributed by atoms with Crippen molar-refractivity contribution in [1.29, 1.82) is 10.7 Å². The quantitative estimate of drug-likeness (QED) is 0.558. The highest BCUT2D eigenvalue weighted by Gasteiger charge is 2.11. The Labute approximate surface area is 128 Å². The summed E-state index contributed by atoms with van der Waals surface area (Å²) in [5, 5.41) is 18.1. The highest BCUT2D eigenvalue weighted by molar-refractivity contribution is 6.08. The molecule has 1 N–H and O–H groups in total. The van der Waals surface area contributed by atoms with Crippen LogP contribution in [-0.4, -0.2) is 22.4 Å². The summed E-state index contributed by atoms with van der Waals surface area (Å²) in [4.78, 5) is 4.20. The van der Waals surface area contributed by atoms with E-state index in [4.69, 9.17) is 15.4 Å². The summed E-state index contributed by atoms with van der Waals surface area (Å²) < 4.78 is 7.79. The molecule has 0 spiro atoms. The van der Waals surface area contributed by atoms with Crippen molar-refractivity contribution in [2.75, 3.05) is 6.61 Å². The molecule has 22 heavy (non-hydrogen) atoms. The SMILES string of the molecule is N#CCCn1c2ccc(OCCC=N)cc2c2ccncc21. The summed E-state index contributed by atoms with van der Waals surface area (Å²) in [6.45, 7) is 1.15. The number of nitrogens with zero attached hydrogens (tertiary/aromatic N) is 3. The molecule has 0 atom stereocenters. The first-order valence-electron chi connectivity index (χ1n) is 7.20. The van der Waals surface area contributed by atoms with Gasteiger partial charge in [0.05, 0.1) is 30.8 Å². The predicted octanol–water partition coefficient (Wildman–Crippen LogP) is 3.52. The molecule has 110 valence electrons. The Bertz CT molecular complexity index is 860. The fourth-order valence-corrected chi connectivity index (χ4v) is 2.65. The van der Waals surface area contributed by atoms with E-state index in [-0.39, 0.29) is 0 Å². The molecule has 3 aromatic rings. The van der Waals surface area contributed by atoms with E-state index in [1.165, 1.54) is 6.21 Å². The van der Waals surface area contributed by atoms with Crippen LogP contribution in [0.2, 0.25) is 0 Å². The largest absolute Gasteiger partial charge is 0.493 e. The number of rotatable bonds is 6. The van der Waals surface area contributed by atoms with Crippen molar-refractivity contribution in [3.63, 3.8) is 0 Å². The van der Waals surface area contributed by atoms with Gasteiger partial charge in [0.2, 0.25) is 0 Å². The zero-order valence-electron chi connectivity index (χ0n) is 12.1. The molecular weight excluding hydrogens is 276 g/mol. The summed E-state index contributed by atoms with van der Waals surface area (Å²) in [5.41, 5.74) is 2.11. The van der Waals surface area contributed by atoms with Gasteiger partial charge in [0.15, 0.2) is 0 Å². The first kappa shape index (κ1) is 14.1. The lowest BCUT2D eigenvalue weighted by atomic mass is 10.2. The number of hydrogen-bond acceptors (Lipinski definition) is 4. The Kier molecular flexibility index (Phi) is 4.01. The highest BCUT2D eigenvalue weighted by Crippen LogP contribution is 2.31. The average Bonchev–Trinajstić information content (AvgIpc) is 2.87. The van der Waals surface area contributed by atoms with E-state index in [9.17, 15) is 0 Å². The number of ether oxygens (including phenoxy) is 1.